The second-order valence-corrected chi connectivity index (χ2v) is 8.87. The lowest BCUT2D eigenvalue weighted by atomic mass is 9.83. The predicted octanol–water partition coefficient (Wildman–Crippen LogP) is 2.99. The Hall–Kier alpha value is -3.74. The highest BCUT2D eigenvalue weighted by Gasteiger charge is 2.35. The van der Waals surface area contributed by atoms with Gasteiger partial charge in [0.2, 0.25) is 0 Å². The fraction of sp³-hybridized carbons (Fsp3) is 0.308. The normalized spacial score (nSPS) is 19.0. The molecule has 3 aromatic rings. The summed E-state index contributed by atoms with van der Waals surface area (Å²) in [7, 11) is 1.62. The second-order valence-electron chi connectivity index (χ2n) is 8.87. The summed E-state index contributed by atoms with van der Waals surface area (Å²) in [5, 5.41) is 2.94. The molecule has 170 valence electrons. The Morgan fingerprint density at radius 1 is 1.09 bits per heavy atom. The maximum absolute atomic E-state index is 12.7. The third-order valence-electron chi connectivity index (χ3n) is 6.74. The Kier molecular flexibility index (Phi) is 5.54. The van der Waals surface area contributed by atoms with Gasteiger partial charge in [0.1, 0.15) is 5.75 Å². The quantitative estimate of drug-likeness (QED) is 0.591. The summed E-state index contributed by atoms with van der Waals surface area (Å²) >= 11 is 0. The topological polar surface area (TPSA) is 89.6 Å². The van der Waals surface area contributed by atoms with Crippen molar-refractivity contribution in [3.05, 3.63) is 87.8 Å². The highest BCUT2D eigenvalue weighted by atomic mass is 16.5. The lowest BCUT2D eigenvalue weighted by Gasteiger charge is -2.44. The van der Waals surface area contributed by atoms with Crippen LogP contribution < -0.4 is 26.2 Å². The highest BCUT2D eigenvalue weighted by molar-refractivity contribution is 5.96. The van der Waals surface area contributed by atoms with E-state index < -0.39 is 0 Å². The summed E-state index contributed by atoms with van der Waals surface area (Å²) in [5.41, 5.74) is 10.6. The van der Waals surface area contributed by atoms with Gasteiger partial charge in [0.15, 0.2) is 0 Å². The van der Waals surface area contributed by atoms with Gasteiger partial charge in [0.25, 0.3) is 11.5 Å². The molecule has 3 N–H and O–H groups in total. The fourth-order valence-electron chi connectivity index (χ4n) is 5.20. The average molecular weight is 445 g/mol. The fourth-order valence-corrected chi connectivity index (χ4v) is 5.20. The molecule has 7 nitrogen and oxygen atoms in total. The third-order valence-corrected chi connectivity index (χ3v) is 6.74. The van der Waals surface area contributed by atoms with Crippen molar-refractivity contribution in [3.8, 4) is 5.75 Å². The maximum Gasteiger partial charge on any atom is 0.251 e. The summed E-state index contributed by atoms with van der Waals surface area (Å²) in [5.74, 6) is 1.27. The van der Waals surface area contributed by atoms with Crippen molar-refractivity contribution in [2.24, 2.45) is 5.92 Å². The summed E-state index contributed by atoms with van der Waals surface area (Å²) < 4.78 is 7.27. The van der Waals surface area contributed by atoms with E-state index >= 15 is 0 Å². The molecule has 2 unspecified atom stereocenters. The maximum atomic E-state index is 12.7. The number of methoxy groups -OCH3 is 1. The van der Waals surface area contributed by atoms with Gasteiger partial charge in [-0.1, -0.05) is 24.3 Å². The van der Waals surface area contributed by atoms with Gasteiger partial charge in [-0.05, 0) is 42.7 Å². The van der Waals surface area contributed by atoms with E-state index in [1.807, 2.05) is 47.0 Å². The van der Waals surface area contributed by atoms with Crippen molar-refractivity contribution in [2.75, 3.05) is 30.8 Å². The lowest BCUT2D eigenvalue weighted by Crippen LogP contribution is -2.47. The number of amides is 1. The van der Waals surface area contributed by atoms with E-state index in [0.717, 1.165) is 48.7 Å². The number of aromatic nitrogens is 1. The van der Waals surface area contributed by atoms with Gasteiger partial charge in [0, 0.05) is 55.0 Å². The molecule has 1 amide bonds. The van der Waals surface area contributed by atoms with Crippen molar-refractivity contribution in [2.45, 2.75) is 25.4 Å². The molecular weight excluding hydrogens is 416 g/mol. The van der Waals surface area contributed by atoms with E-state index in [1.54, 1.807) is 19.2 Å². The van der Waals surface area contributed by atoms with Crippen LogP contribution in [0.25, 0.3) is 0 Å². The Balaban J connectivity index is 1.30. The van der Waals surface area contributed by atoms with Crippen LogP contribution in [0.1, 0.15) is 34.0 Å². The molecule has 2 aliphatic heterocycles. The number of nitrogens with zero attached hydrogens (tertiary/aromatic N) is 2. The van der Waals surface area contributed by atoms with Crippen LogP contribution in [0.15, 0.2) is 65.5 Å². The van der Waals surface area contributed by atoms with Crippen LogP contribution in [0.5, 0.6) is 5.75 Å². The molecule has 1 fully saturated rings. The number of hydrogen-bond acceptors (Lipinski definition) is 5. The van der Waals surface area contributed by atoms with E-state index in [9.17, 15) is 9.59 Å². The van der Waals surface area contributed by atoms with Crippen molar-refractivity contribution >= 4 is 17.3 Å². The number of nitrogen functional groups attached to an aromatic ring is 1. The summed E-state index contributed by atoms with van der Waals surface area (Å²) in [6, 6.07) is 18.7. The standard InChI is InChI=1S/C26H28N4O3/c1-33-24-7-3-2-5-19(24)13-28-26(32)18-9-10-23(21(27)12-18)29-14-17-11-20(16-29)22-6-4-8-25(31)30(22)15-17/h2-10,12,17,20H,11,13-16,27H2,1H3,(H,28,32). The molecule has 0 spiro atoms. The van der Waals surface area contributed by atoms with Gasteiger partial charge in [-0.3, -0.25) is 9.59 Å². The molecule has 0 radical (unpaired) electrons. The Bertz CT molecular complexity index is 1250. The number of piperidine rings is 1. The minimum Gasteiger partial charge on any atom is -0.496 e. The van der Waals surface area contributed by atoms with Gasteiger partial charge >= 0.3 is 0 Å². The monoisotopic (exact) mass is 444 g/mol. The zero-order chi connectivity index (χ0) is 22.9. The first-order valence-corrected chi connectivity index (χ1v) is 11.3. The molecule has 0 saturated carbocycles. The van der Waals surface area contributed by atoms with Crippen LogP contribution in [0.3, 0.4) is 0 Å². The second kappa shape index (κ2) is 8.65. The third kappa shape index (κ3) is 4.06. The summed E-state index contributed by atoms with van der Waals surface area (Å²) in [6.07, 6.45) is 1.09. The molecule has 2 aromatic carbocycles. The zero-order valence-electron chi connectivity index (χ0n) is 18.7. The lowest BCUT2D eigenvalue weighted by molar-refractivity contribution is 0.0950. The molecule has 1 aromatic heterocycles. The van der Waals surface area contributed by atoms with E-state index in [1.165, 1.54) is 0 Å². The van der Waals surface area contributed by atoms with Gasteiger partial charge in [-0.25, -0.2) is 0 Å². The molecule has 5 rings (SSSR count). The number of hydrogen-bond donors (Lipinski definition) is 2. The number of carbonyl (C=O) groups excluding carboxylic acids is 1. The SMILES string of the molecule is COc1ccccc1CNC(=O)c1ccc(N2CC3CC(C2)c2cccc(=O)n2C3)c(N)c1. The van der Waals surface area contributed by atoms with Crippen LogP contribution in [-0.2, 0) is 13.1 Å². The van der Waals surface area contributed by atoms with E-state index in [4.69, 9.17) is 10.5 Å². The van der Waals surface area contributed by atoms with E-state index in [-0.39, 0.29) is 11.5 Å². The largest absolute Gasteiger partial charge is 0.496 e. The van der Waals surface area contributed by atoms with Gasteiger partial charge in [-0.2, -0.15) is 0 Å². The number of pyridine rings is 1. The summed E-state index contributed by atoms with van der Waals surface area (Å²) in [4.78, 5) is 27.3. The Labute approximate surface area is 192 Å². The van der Waals surface area contributed by atoms with Crippen molar-refractivity contribution in [1.29, 1.82) is 0 Å². The summed E-state index contributed by atoms with van der Waals surface area (Å²) in [6.45, 7) is 2.77. The van der Waals surface area contributed by atoms with Crippen molar-refractivity contribution < 1.29 is 9.53 Å². The number of ether oxygens (including phenoxy) is 1. The Morgan fingerprint density at radius 2 is 1.94 bits per heavy atom. The first-order valence-electron chi connectivity index (χ1n) is 11.3. The van der Waals surface area contributed by atoms with Crippen LogP contribution >= 0.6 is 0 Å². The van der Waals surface area contributed by atoms with Gasteiger partial charge in [0.05, 0.1) is 18.5 Å². The molecule has 2 atom stereocenters. The van der Waals surface area contributed by atoms with Crippen LogP contribution in [0, 0.1) is 5.92 Å². The minimum atomic E-state index is -0.178. The number of fused-ring (bicyclic) bond motifs is 4. The molecule has 33 heavy (non-hydrogen) atoms. The number of nitrogens with one attached hydrogen (secondary N) is 1. The molecule has 7 heteroatoms. The van der Waals surface area contributed by atoms with Crippen LogP contribution in [-0.4, -0.2) is 30.7 Å². The number of carbonyl (C=O) groups is 1. The molecule has 0 aliphatic carbocycles. The smallest absolute Gasteiger partial charge is 0.251 e. The van der Waals surface area contributed by atoms with E-state index in [2.05, 4.69) is 16.3 Å². The van der Waals surface area contributed by atoms with Gasteiger partial charge in [-0.15, -0.1) is 0 Å². The van der Waals surface area contributed by atoms with E-state index in [0.29, 0.717) is 29.6 Å². The van der Waals surface area contributed by atoms with Crippen LogP contribution in [0.4, 0.5) is 11.4 Å². The Morgan fingerprint density at radius 3 is 2.76 bits per heavy atom. The first kappa shape index (κ1) is 21.1. The van der Waals surface area contributed by atoms with Crippen molar-refractivity contribution in [3.63, 3.8) is 0 Å². The highest BCUT2D eigenvalue weighted by Crippen LogP contribution is 2.38. The van der Waals surface area contributed by atoms with Crippen molar-refractivity contribution in [1.82, 2.24) is 9.88 Å². The number of anilines is 2. The predicted molar refractivity (Wildman–Crippen MR) is 129 cm³/mol. The molecular formula is C26H28N4O3. The number of para-hydroxylation sites is 1. The molecule has 1 saturated heterocycles. The molecule has 3 heterocycles. The first-order chi connectivity index (χ1) is 16.0. The molecule has 2 bridgehead atoms. The number of rotatable bonds is 5. The van der Waals surface area contributed by atoms with Crippen LogP contribution in [0.2, 0.25) is 0 Å². The average Bonchev–Trinajstić information content (AvgIpc) is 2.83. The number of nitrogens with two attached hydrogens (primary N) is 1. The minimum absolute atomic E-state index is 0.0821. The number of benzene rings is 2. The zero-order valence-corrected chi connectivity index (χ0v) is 18.7. The molecule has 2 aliphatic rings. The van der Waals surface area contributed by atoms with Gasteiger partial charge < -0.3 is 25.3 Å².